The molecule has 18 heavy (non-hydrogen) atoms. The molecule has 0 amide bonds. The molecule has 3 N–H and O–H groups in total. The average molecular weight is 275 g/mol. The predicted molar refractivity (Wildman–Crippen MR) is 59.7 cm³/mol. The monoisotopic (exact) mass is 275 g/mol. The van der Waals surface area contributed by atoms with E-state index in [4.69, 9.17) is 5.11 Å². The van der Waals surface area contributed by atoms with Crippen molar-refractivity contribution in [3.63, 3.8) is 0 Å². The van der Waals surface area contributed by atoms with E-state index >= 15 is 0 Å². The van der Waals surface area contributed by atoms with Gasteiger partial charge in [-0.25, -0.2) is 13.2 Å². The summed E-state index contributed by atoms with van der Waals surface area (Å²) in [6.45, 7) is 1.60. The zero-order valence-corrected chi connectivity index (χ0v) is 10.4. The van der Waals surface area contributed by atoms with E-state index < -0.39 is 27.8 Å². The Morgan fingerprint density at radius 3 is 2.72 bits per heavy atom. The Kier molecular flexibility index (Phi) is 3.13. The third kappa shape index (κ3) is 2.00. The summed E-state index contributed by atoms with van der Waals surface area (Å²) in [5.41, 5.74) is -0.345. The summed E-state index contributed by atoms with van der Waals surface area (Å²) in [5, 5.41) is 24.1. The third-order valence-electron chi connectivity index (χ3n) is 2.82. The number of aryl methyl sites for hydroxylation is 1. The highest BCUT2D eigenvalue weighted by Crippen LogP contribution is 2.25. The molecule has 0 bridgehead atoms. The number of hydrogen-bond donors (Lipinski definition) is 3. The molecule has 0 aliphatic carbocycles. The van der Waals surface area contributed by atoms with Gasteiger partial charge in [0.1, 0.15) is 4.90 Å². The van der Waals surface area contributed by atoms with Gasteiger partial charge in [0.15, 0.2) is 5.69 Å². The van der Waals surface area contributed by atoms with Crippen molar-refractivity contribution in [3.8, 4) is 0 Å². The van der Waals surface area contributed by atoms with E-state index in [-0.39, 0.29) is 23.7 Å². The summed E-state index contributed by atoms with van der Waals surface area (Å²) in [6.07, 6.45) is -0.362. The minimum atomic E-state index is -3.94. The van der Waals surface area contributed by atoms with Gasteiger partial charge in [0.05, 0.1) is 11.8 Å². The van der Waals surface area contributed by atoms with Crippen molar-refractivity contribution in [3.05, 3.63) is 11.4 Å². The summed E-state index contributed by atoms with van der Waals surface area (Å²) in [4.78, 5) is 10.6. The maximum atomic E-state index is 12.3. The van der Waals surface area contributed by atoms with Gasteiger partial charge in [-0.15, -0.1) is 0 Å². The zero-order chi connectivity index (χ0) is 13.5. The van der Waals surface area contributed by atoms with Gasteiger partial charge in [0.2, 0.25) is 10.0 Å². The van der Waals surface area contributed by atoms with Crippen LogP contribution in [0.1, 0.15) is 22.6 Å². The quantitative estimate of drug-likeness (QED) is 0.661. The van der Waals surface area contributed by atoms with E-state index in [0.29, 0.717) is 6.42 Å². The maximum absolute atomic E-state index is 12.3. The molecule has 1 fully saturated rings. The van der Waals surface area contributed by atoms with Crippen LogP contribution < -0.4 is 0 Å². The van der Waals surface area contributed by atoms with E-state index in [2.05, 4.69) is 10.2 Å². The van der Waals surface area contributed by atoms with Gasteiger partial charge in [0, 0.05) is 13.1 Å². The molecule has 2 rings (SSSR count). The van der Waals surface area contributed by atoms with Crippen molar-refractivity contribution in [1.82, 2.24) is 14.5 Å². The molecule has 0 saturated carbocycles. The fraction of sp³-hybridized carbons (Fsp3) is 0.556. The number of carbonyl (C=O) groups is 1. The SMILES string of the molecule is Cc1[nH]nc(C(=O)O)c1S(=O)(=O)N1CC[C@@H](O)C1. The van der Waals surface area contributed by atoms with E-state index in [1.807, 2.05) is 0 Å². The summed E-state index contributed by atoms with van der Waals surface area (Å²) >= 11 is 0. The van der Waals surface area contributed by atoms with Crippen LogP contribution in [0, 0.1) is 6.92 Å². The van der Waals surface area contributed by atoms with Crippen LogP contribution >= 0.6 is 0 Å². The van der Waals surface area contributed by atoms with Crippen LogP contribution in [0.25, 0.3) is 0 Å². The summed E-state index contributed by atoms with van der Waals surface area (Å²) < 4.78 is 25.6. The number of nitrogens with one attached hydrogen (secondary N) is 1. The molecule has 0 aromatic carbocycles. The number of carboxylic acids is 1. The normalized spacial score (nSPS) is 21.3. The smallest absolute Gasteiger partial charge is 0.357 e. The number of aromatic nitrogens is 2. The lowest BCUT2D eigenvalue weighted by molar-refractivity contribution is 0.0686. The first-order chi connectivity index (χ1) is 8.34. The summed E-state index contributed by atoms with van der Waals surface area (Å²) in [6, 6.07) is 0. The molecular formula is C9H13N3O5S. The summed E-state index contributed by atoms with van der Waals surface area (Å²) in [5.74, 6) is -1.40. The summed E-state index contributed by atoms with van der Waals surface area (Å²) in [7, 11) is -3.94. The number of aliphatic hydroxyl groups excluding tert-OH is 1. The number of sulfonamides is 1. The van der Waals surface area contributed by atoms with Crippen LogP contribution in [-0.2, 0) is 10.0 Å². The lowest BCUT2D eigenvalue weighted by Crippen LogP contribution is -2.31. The number of H-pyrrole nitrogens is 1. The van der Waals surface area contributed by atoms with E-state index in [1.165, 1.54) is 6.92 Å². The number of carboxylic acid groups (broad SMARTS) is 1. The number of aliphatic hydroxyl groups is 1. The minimum absolute atomic E-state index is 0.0218. The zero-order valence-electron chi connectivity index (χ0n) is 9.62. The predicted octanol–water partition coefficient (Wildman–Crippen LogP) is -0.828. The maximum Gasteiger partial charge on any atom is 0.357 e. The standard InChI is InChI=1S/C9H13N3O5S/c1-5-8(7(9(14)15)11-10-5)18(16,17)12-3-2-6(13)4-12/h6,13H,2-4H2,1H3,(H,10,11)(H,14,15)/t6-/m1/s1. The third-order valence-corrected chi connectivity index (χ3v) is 4.84. The Hall–Kier alpha value is -1.45. The van der Waals surface area contributed by atoms with Crippen LogP contribution in [0.4, 0.5) is 0 Å². The Bertz CT molecular complexity index is 579. The molecule has 0 radical (unpaired) electrons. The second-order valence-corrected chi connectivity index (χ2v) is 6.01. The van der Waals surface area contributed by atoms with Crippen LogP contribution in [0.5, 0.6) is 0 Å². The van der Waals surface area contributed by atoms with Gasteiger partial charge in [-0.2, -0.15) is 9.40 Å². The van der Waals surface area contributed by atoms with Gasteiger partial charge in [-0.05, 0) is 13.3 Å². The average Bonchev–Trinajstić information content (AvgIpc) is 2.84. The molecule has 0 spiro atoms. The lowest BCUT2D eigenvalue weighted by Gasteiger charge is -2.15. The first kappa shape index (κ1) is 13.0. The molecule has 1 aromatic rings. The van der Waals surface area contributed by atoms with E-state index in [9.17, 15) is 18.3 Å². The molecule has 2 heterocycles. The van der Waals surface area contributed by atoms with Crippen LogP contribution in [0.2, 0.25) is 0 Å². The van der Waals surface area contributed by atoms with Crippen molar-refractivity contribution in [1.29, 1.82) is 0 Å². The molecule has 0 unspecified atom stereocenters. The first-order valence-electron chi connectivity index (χ1n) is 5.30. The van der Waals surface area contributed by atoms with E-state index in [1.54, 1.807) is 0 Å². The number of hydrogen-bond acceptors (Lipinski definition) is 5. The lowest BCUT2D eigenvalue weighted by atomic mass is 10.3. The second kappa shape index (κ2) is 4.34. The van der Waals surface area contributed by atoms with Gasteiger partial charge < -0.3 is 10.2 Å². The van der Waals surface area contributed by atoms with Gasteiger partial charge in [-0.1, -0.05) is 0 Å². The van der Waals surface area contributed by atoms with Gasteiger partial charge in [-0.3, -0.25) is 5.10 Å². The molecule has 9 heteroatoms. The molecule has 1 aliphatic rings. The number of aromatic amines is 1. The number of aromatic carboxylic acids is 1. The van der Waals surface area contributed by atoms with Gasteiger partial charge in [0.25, 0.3) is 0 Å². The first-order valence-corrected chi connectivity index (χ1v) is 6.74. The van der Waals surface area contributed by atoms with Crippen molar-refractivity contribution < 1.29 is 23.4 Å². The molecular weight excluding hydrogens is 262 g/mol. The van der Waals surface area contributed by atoms with Crippen molar-refractivity contribution >= 4 is 16.0 Å². The molecule has 1 saturated heterocycles. The van der Waals surface area contributed by atoms with Crippen molar-refractivity contribution in [2.75, 3.05) is 13.1 Å². The van der Waals surface area contributed by atoms with Crippen molar-refractivity contribution in [2.45, 2.75) is 24.3 Å². The Labute approximate surface area is 103 Å². The van der Waals surface area contributed by atoms with Crippen LogP contribution in [0.15, 0.2) is 4.90 Å². The number of nitrogens with zero attached hydrogens (tertiary/aromatic N) is 2. The topological polar surface area (TPSA) is 124 Å². The molecule has 1 aromatic heterocycles. The fourth-order valence-corrected chi connectivity index (χ4v) is 3.72. The highest BCUT2D eigenvalue weighted by Gasteiger charge is 2.37. The fourth-order valence-electron chi connectivity index (χ4n) is 1.94. The van der Waals surface area contributed by atoms with Crippen LogP contribution in [0.3, 0.4) is 0 Å². The molecule has 100 valence electrons. The Morgan fingerprint density at radius 2 is 2.22 bits per heavy atom. The number of β-amino-alcohol motifs (C(OH)–C–C–N with tert-alkyl or cyclic N) is 1. The van der Waals surface area contributed by atoms with E-state index in [0.717, 1.165) is 4.31 Å². The van der Waals surface area contributed by atoms with Crippen LogP contribution in [-0.4, -0.2) is 58.3 Å². The van der Waals surface area contributed by atoms with Crippen molar-refractivity contribution in [2.24, 2.45) is 0 Å². The highest BCUT2D eigenvalue weighted by molar-refractivity contribution is 7.89. The molecule has 8 nitrogen and oxygen atoms in total. The Morgan fingerprint density at radius 1 is 1.56 bits per heavy atom. The van der Waals surface area contributed by atoms with Gasteiger partial charge >= 0.3 is 5.97 Å². The largest absolute Gasteiger partial charge is 0.476 e. The minimum Gasteiger partial charge on any atom is -0.476 e. The second-order valence-electron chi connectivity index (χ2n) is 4.14. The molecule has 1 atom stereocenters. The Balaban J connectivity index is 2.48. The number of rotatable bonds is 3. The highest BCUT2D eigenvalue weighted by atomic mass is 32.2. The molecule has 1 aliphatic heterocycles.